The van der Waals surface area contributed by atoms with Gasteiger partial charge in [0.1, 0.15) is 11.8 Å². The summed E-state index contributed by atoms with van der Waals surface area (Å²) in [6, 6.07) is 8.44. The van der Waals surface area contributed by atoms with Gasteiger partial charge in [-0.1, -0.05) is 18.2 Å². The number of benzene rings is 1. The van der Waals surface area contributed by atoms with Gasteiger partial charge in [-0.25, -0.2) is 4.98 Å². The Kier molecular flexibility index (Phi) is 2.97. The van der Waals surface area contributed by atoms with E-state index in [4.69, 9.17) is 0 Å². The standard InChI is InChI=1S/C13H11NO3/c1-8(16)13(17)11-4-2-3-9-5-6-10(7-15)14-12(9)11/h2-8,16H,1H3. The molecule has 1 aromatic heterocycles. The van der Waals surface area contributed by atoms with Crippen LogP contribution in [0.2, 0.25) is 0 Å². The number of aliphatic hydroxyl groups excluding tert-OH is 1. The van der Waals surface area contributed by atoms with Gasteiger partial charge in [-0.05, 0) is 19.1 Å². The summed E-state index contributed by atoms with van der Waals surface area (Å²) in [6.45, 7) is 1.41. The highest BCUT2D eigenvalue weighted by atomic mass is 16.3. The summed E-state index contributed by atoms with van der Waals surface area (Å²) in [6.07, 6.45) is -0.453. The Morgan fingerprint density at radius 1 is 1.35 bits per heavy atom. The van der Waals surface area contributed by atoms with E-state index < -0.39 is 11.9 Å². The number of carbonyl (C=O) groups is 2. The van der Waals surface area contributed by atoms with Crippen molar-refractivity contribution in [2.75, 3.05) is 0 Å². The van der Waals surface area contributed by atoms with Crippen LogP contribution in [-0.2, 0) is 0 Å². The molecule has 1 unspecified atom stereocenters. The number of pyridine rings is 1. The molecule has 0 spiro atoms. The van der Waals surface area contributed by atoms with E-state index in [0.29, 0.717) is 17.4 Å². The Balaban J connectivity index is 2.70. The minimum Gasteiger partial charge on any atom is -0.385 e. The molecule has 0 bridgehead atoms. The van der Waals surface area contributed by atoms with Gasteiger partial charge < -0.3 is 5.11 Å². The van der Waals surface area contributed by atoms with Crippen molar-refractivity contribution in [2.24, 2.45) is 0 Å². The molecule has 0 amide bonds. The number of ketones is 1. The highest BCUT2D eigenvalue weighted by molar-refractivity contribution is 6.08. The van der Waals surface area contributed by atoms with E-state index in [1.54, 1.807) is 30.3 Å². The second kappa shape index (κ2) is 4.43. The number of fused-ring (bicyclic) bond motifs is 1. The van der Waals surface area contributed by atoms with E-state index in [1.165, 1.54) is 6.92 Å². The molecule has 0 aliphatic heterocycles. The van der Waals surface area contributed by atoms with Crippen molar-refractivity contribution < 1.29 is 14.7 Å². The van der Waals surface area contributed by atoms with Crippen LogP contribution in [0.4, 0.5) is 0 Å². The molecule has 0 aliphatic carbocycles. The number of para-hydroxylation sites is 1. The zero-order valence-corrected chi connectivity index (χ0v) is 9.25. The maximum absolute atomic E-state index is 11.8. The third-order valence-electron chi connectivity index (χ3n) is 2.51. The number of Topliss-reactive ketones (excluding diaryl/α,β-unsaturated/α-hetero) is 1. The van der Waals surface area contributed by atoms with Crippen LogP contribution in [0, 0.1) is 0 Å². The fourth-order valence-corrected chi connectivity index (χ4v) is 1.65. The van der Waals surface area contributed by atoms with Gasteiger partial charge >= 0.3 is 0 Å². The first kappa shape index (κ1) is 11.4. The zero-order valence-electron chi connectivity index (χ0n) is 9.25. The molecule has 0 aliphatic rings. The first-order valence-electron chi connectivity index (χ1n) is 5.20. The molecule has 2 rings (SSSR count). The largest absolute Gasteiger partial charge is 0.385 e. The average molecular weight is 229 g/mol. The monoisotopic (exact) mass is 229 g/mol. The molecule has 1 atom stereocenters. The Morgan fingerprint density at radius 3 is 2.76 bits per heavy atom. The van der Waals surface area contributed by atoms with E-state index in [0.717, 1.165) is 5.39 Å². The summed E-state index contributed by atoms with van der Waals surface area (Å²) in [5, 5.41) is 10.1. The molecule has 0 saturated carbocycles. The van der Waals surface area contributed by atoms with E-state index in [9.17, 15) is 14.7 Å². The minimum absolute atomic E-state index is 0.267. The molecule has 4 heteroatoms. The molecular weight excluding hydrogens is 218 g/mol. The molecule has 0 radical (unpaired) electrons. The number of nitrogens with zero attached hydrogens (tertiary/aromatic N) is 1. The highest BCUT2D eigenvalue weighted by Gasteiger charge is 2.15. The lowest BCUT2D eigenvalue weighted by Crippen LogP contribution is -2.16. The van der Waals surface area contributed by atoms with Crippen LogP contribution in [-0.4, -0.2) is 28.3 Å². The van der Waals surface area contributed by atoms with Crippen molar-refractivity contribution in [1.82, 2.24) is 4.98 Å². The third-order valence-corrected chi connectivity index (χ3v) is 2.51. The Bertz CT molecular complexity index is 590. The molecule has 0 fully saturated rings. The van der Waals surface area contributed by atoms with E-state index in [-0.39, 0.29) is 5.69 Å². The van der Waals surface area contributed by atoms with Crippen LogP contribution in [0.25, 0.3) is 10.9 Å². The van der Waals surface area contributed by atoms with Crippen LogP contribution >= 0.6 is 0 Å². The quantitative estimate of drug-likeness (QED) is 0.641. The lowest BCUT2D eigenvalue weighted by Gasteiger charge is -2.07. The molecule has 4 nitrogen and oxygen atoms in total. The second-order valence-electron chi connectivity index (χ2n) is 3.77. The first-order chi connectivity index (χ1) is 8.13. The van der Waals surface area contributed by atoms with Gasteiger partial charge in [0.25, 0.3) is 0 Å². The van der Waals surface area contributed by atoms with Crippen LogP contribution in [0.5, 0.6) is 0 Å². The van der Waals surface area contributed by atoms with Crippen molar-refractivity contribution in [2.45, 2.75) is 13.0 Å². The van der Waals surface area contributed by atoms with E-state index in [2.05, 4.69) is 4.98 Å². The average Bonchev–Trinajstić information content (AvgIpc) is 2.36. The zero-order chi connectivity index (χ0) is 12.4. The maximum Gasteiger partial charge on any atom is 0.193 e. The van der Waals surface area contributed by atoms with Gasteiger partial charge in [0.2, 0.25) is 0 Å². The number of hydrogen-bond donors (Lipinski definition) is 1. The predicted octanol–water partition coefficient (Wildman–Crippen LogP) is 1.61. The third kappa shape index (κ3) is 2.07. The highest BCUT2D eigenvalue weighted by Crippen LogP contribution is 2.18. The molecule has 2 aromatic rings. The van der Waals surface area contributed by atoms with Gasteiger partial charge in [0.15, 0.2) is 12.1 Å². The Hall–Kier alpha value is -2.07. The van der Waals surface area contributed by atoms with E-state index >= 15 is 0 Å². The van der Waals surface area contributed by atoms with Crippen molar-refractivity contribution in [3.63, 3.8) is 0 Å². The number of aldehydes is 1. The Labute approximate surface area is 97.9 Å². The SMILES string of the molecule is CC(O)C(=O)c1cccc2ccc(C=O)nc12. The second-order valence-corrected chi connectivity index (χ2v) is 3.77. The predicted molar refractivity (Wildman–Crippen MR) is 63.1 cm³/mol. The van der Waals surface area contributed by atoms with Gasteiger partial charge in [0, 0.05) is 10.9 Å². The summed E-state index contributed by atoms with van der Waals surface area (Å²) in [7, 11) is 0. The fourth-order valence-electron chi connectivity index (χ4n) is 1.65. The minimum atomic E-state index is -1.08. The van der Waals surface area contributed by atoms with Crippen LogP contribution in [0.1, 0.15) is 27.8 Å². The Morgan fingerprint density at radius 2 is 2.12 bits per heavy atom. The van der Waals surface area contributed by atoms with Gasteiger partial charge in [-0.2, -0.15) is 0 Å². The first-order valence-corrected chi connectivity index (χ1v) is 5.20. The van der Waals surface area contributed by atoms with Crippen molar-refractivity contribution in [1.29, 1.82) is 0 Å². The molecule has 1 N–H and O–H groups in total. The van der Waals surface area contributed by atoms with Crippen molar-refractivity contribution in [3.8, 4) is 0 Å². The molecule has 1 heterocycles. The summed E-state index contributed by atoms with van der Waals surface area (Å²) < 4.78 is 0. The lowest BCUT2D eigenvalue weighted by atomic mass is 10.0. The summed E-state index contributed by atoms with van der Waals surface area (Å²) in [5.74, 6) is -0.397. The number of aromatic nitrogens is 1. The van der Waals surface area contributed by atoms with Gasteiger partial charge in [0.05, 0.1) is 5.52 Å². The summed E-state index contributed by atoms with van der Waals surface area (Å²) in [5.41, 5.74) is 1.05. The summed E-state index contributed by atoms with van der Waals surface area (Å²) >= 11 is 0. The topological polar surface area (TPSA) is 67.3 Å². The molecule has 17 heavy (non-hydrogen) atoms. The fraction of sp³-hybridized carbons (Fsp3) is 0.154. The molecule has 0 saturated heterocycles. The van der Waals surface area contributed by atoms with Crippen LogP contribution in [0.15, 0.2) is 30.3 Å². The molecule has 86 valence electrons. The van der Waals surface area contributed by atoms with E-state index in [1.807, 2.05) is 0 Å². The van der Waals surface area contributed by atoms with Crippen molar-refractivity contribution in [3.05, 3.63) is 41.6 Å². The number of hydrogen-bond acceptors (Lipinski definition) is 4. The smallest absolute Gasteiger partial charge is 0.193 e. The van der Waals surface area contributed by atoms with Gasteiger partial charge in [-0.15, -0.1) is 0 Å². The van der Waals surface area contributed by atoms with Crippen molar-refractivity contribution >= 4 is 23.0 Å². The molecular formula is C13H11NO3. The molecule has 1 aromatic carbocycles. The lowest BCUT2D eigenvalue weighted by molar-refractivity contribution is 0.0781. The van der Waals surface area contributed by atoms with Gasteiger partial charge in [-0.3, -0.25) is 9.59 Å². The van der Waals surface area contributed by atoms with Crippen LogP contribution in [0.3, 0.4) is 0 Å². The van der Waals surface area contributed by atoms with Crippen LogP contribution < -0.4 is 0 Å². The normalized spacial score (nSPS) is 12.4. The maximum atomic E-state index is 11.8. The summed E-state index contributed by atoms with van der Waals surface area (Å²) in [4.78, 5) is 26.5. The number of carbonyl (C=O) groups excluding carboxylic acids is 2. The number of aliphatic hydroxyl groups is 1. The number of rotatable bonds is 3.